The summed E-state index contributed by atoms with van der Waals surface area (Å²) in [6.07, 6.45) is 74.0. The molecule has 2 atom stereocenters. The van der Waals surface area contributed by atoms with Gasteiger partial charge in [0.2, 0.25) is 5.91 Å². The van der Waals surface area contributed by atoms with Crippen molar-refractivity contribution in [3.8, 4) is 0 Å². The average molecular weight is 919 g/mol. The highest BCUT2D eigenvalue weighted by Gasteiger charge is 2.20. The van der Waals surface area contributed by atoms with Crippen LogP contribution in [-0.4, -0.2) is 34.9 Å². The Morgan fingerprint density at radius 2 is 0.492 bits per heavy atom. The predicted octanol–water partition coefficient (Wildman–Crippen LogP) is 20.3. The van der Waals surface area contributed by atoms with E-state index in [4.69, 9.17) is 0 Å². The second-order valence-electron chi connectivity index (χ2n) is 21.5. The van der Waals surface area contributed by atoms with Crippen LogP contribution in [0.1, 0.15) is 367 Å². The third kappa shape index (κ3) is 54.2. The summed E-state index contributed by atoms with van der Waals surface area (Å²) in [6, 6.07) is -0.532. The minimum absolute atomic E-state index is 0.0207. The van der Waals surface area contributed by atoms with Crippen molar-refractivity contribution >= 4 is 5.91 Å². The van der Waals surface area contributed by atoms with E-state index in [2.05, 4.69) is 19.2 Å². The van der Waals surface area contributed by atoms with Crippen LogP contribution < -0.4 is 5.32 Å². The Balaban J connectivity index is 3.38. The maximum atomic E-state index is 12.5. The number of rotatable bonds is 58. The minimum Gasteiger partial charge on any atom is -0.394 e. The Labute approximate surface area is 410 Å². The molecule has 0 aromatic rings. The number of aliphatic hydroxyl groups excluding tert-OH is 2. The minimum atomic E-state index is -0.655. The monoisotopic (exact) mass is 918 g/mol. The smallest absolute Gasteiger partial charge is 0.220 e. The lowest BCUT2D eigenvalue weighted by molar-refractivity contribution is -0.123. The molecule has 0 bridgehead atoms. The normalized spacial score (nSPS) is 12.6. The largest absolute Gasteiger partial charge is 0.394 e. The molecule has 0 rings (SSSR count). The van der Waals surface area contributed by atoms with Gasteiger partial charge in [-0.1, -0.05) is 348 Å². The molecular formula is C61H123NO3. The van der Waals surface area contributed by atoms with E-state index in [1.165, 1.54) is 315 Å². The molecule has 4 nitrogen and oxygen atoms in total. The van der Waals surface area contributed by atoms with Gasteiger partial charge in [-0.05, 0) is 12.8 Å². The first-order valence-corrected chi connectivity index (χ1v) is 30.7. The topological polar surface area (TPSA) is 69.6 Å². The van der Waals surface area contributed by atoms with Crippen molar-refractivity contribution in [1.29, 1.82) is 0 Å². The van der Waals surface area contributed by atoms with E-state index in [1.54, 1.807) is 0 Å². The van der Waals surface area contributed by atoms with Crippen LogP contribution in [0, 0.1) is 0 Å². The van der Waals surface area contributed by atoms with Gasteiger partial charge in [-0.25, -0.2) is 0 Å². The van der Waals surface area contributed by atoms with E-state index >= 15 is 0 Å². The molecule has 0 radical (unpaired) electrons. The molecule has 0 spiro atoms. The zero-order chi connectivity index (χ0) is 47.0. The van der Waals surface area contributed by atoms with E-state index < -0.39 is 12.1 Å². The van der Waals surface area contributed by atoms with Crippen LogP contribution in [0.2, 0.25) is 0 Å². The number of hydrogen-bond acceptors (Lipinski definition) is 3. The maximum absolute atomic E-state index is 12.5. The van der Waals surface area contributed by atoms with Crippen molar-refractivity contribution in [1.82, 2.24) is 5.32 Å². The van der Waals surface area contributed by atoms with Gasteiger partial charge in [-0.2, -0.15) is 0 Å². The van der Waals surface area contributed by atoms with Gasteiger partial charge in [0.1, 0.15) is 0 Å². The lowest BCUT2D eigenvalue weighted by Crippen LogP contribution is -2.45. The first kappa shape index (κ1) is 64.4. The Hall–Kier alpha value is -0.610. The van der Waals surface area contributed by atoms with Crippen LogP contribution in [0.4, 0.5) is 0 Å². The Bertz CT molecular complexity index is 864. The van der Waals surface area contributed by atoms with Crippen LogP contribution >= 0.6 is 0 Å². The van der Waals surface area contributed by atoms with Crippen LogP contribution in [0.15, 0.2) is 0 Å². The molecule has 390 valence electrons. The summed E-state index contributed by atoms with van der Waals surface area (Å²) in [4.78, 5) is 12.5. The molecular weight excluding hydrogens is 795 g/mol. The number of hydrogen-bond donors (Lipinski definition) is 3. The van der Waals surface area contributed by atoms with Crippen LogP contribution in [0.25, 0.3) is 0 Å². The second kappa shape index (κ2) is 57.7. The lowest BCUT2D eigenvalue weighted by Gasteiger charge is -2.22. The number of carbonyl (C=O) groups is 1. The summed E-state index contributed by atoms with van der Waals surface area (Å²) in [5.41, 5.74) is 0. The van der Waals surface area contributed by atoms with Gasteiger partial charge in [-0.3, -0.25) is 4.79 Å². The molecule has 0 saturated heterocycles. The molecule has 0 saturated carbocycles. The van der Waals surface area contributed by atoms with Gasteiger partial charge in [0.05, 0.1) is 18.8 Å². The first-order valence-electron chi connectivity index (χ1n) is 30.7. The summed E-state index contributed by atoms with van der Waals surface area (Å²) >= 11 is 0. The fraction of sp³-hybridized carbons (Fsp3) is 0.984. The third-order valence-corrected chi connectivity index (χ3v) is 14.9. The maximum Gasteiger partial charge on any atom is 0.220 e. The van der Waals surface area contributed by atoms with Gasteiger partial charge in [-0.15, -0.1) is 0 Å². The molecule has 0 aromatic heterocycles. The van der Waals surface area contributed by atoms with Gasteiger partial charge < -0.3 is 15.5 Å². The molecule has 2 unspecified atom stereocenters. The summed E-state index contributed by atoms with van der Waals surface area (Å²) in [5, 5.41) is 23.4. The van der Waals surface area contributed by atoms with Gasteiger partial charge in [0, 0.05) is 6.42 Å². The molecule has 3 N–H and O–H groups in total. The summed E-state index contributed by atoms with van der Waals surface area (Å²) < 4.78 is 0. The lowest BCUT2D eigenvalue weighted by atomic mass is 10.0. The molecule has 0 aromatic carbocycles. The van der Waals surface area contributed by atoms with Crippen LogP contribution in [-0.2, 0) is 4.79 Å². The zero-order valence-corrected chi connectivity index (χ0v) is 45.1. The quantitative estimate of drug-likeness (QED) is 0.0533. The van der Waals surface area contributed by atoms with E-state index in [0.717, 1.165) is 25.7 Å². The van der Waals surface area contributed by atoms with E-state index in [0.29, 0.717) is 12.8 Å². The van der Waals surface area contributed by atoms with Gasteiger partial charge in [0.15, 0.2) is 0 Å². The number of unbranched alkanes of at least 4 members (excludes halogenated alkanes) is 51. The SMILES string of the molecule is CCCCCCCCCCCCCCCCCCCCCCCCCCCCCC(O)C(CO)NC(=O)CCCCCCCCCCCCCCCCCCCCCCCCCCCC. The highest BCUT2D eigenvalue weighted by Crippen LogP contribution is 2.19. The molecule has 65 heavy (non-hydrogen) atoms. The molecule has 1 amide bonds. The summed E-state index contributed by atoms with van der Waals surface area (Å²) in [7, 11) is 0. The molecule has 4 heteroatoms. The fourth-order valence-corrected chi connectivity index (χ4v) is 10.2. The van der Waals surface area contributed by atoms with E-state index in [9.17, 15) is 15.0 Å². The van der Waals surface area contributed by atoms with Crippen molar-refractivity contribution in [2.24, 2.45) is 0 Å². The van der Waals surface area contributed by atoms with Crippen LogP contribution in [0.5, 0.6) is 0 Å². The Morgan fingerprint density at radius 1 is 0.308 bits per heavy atom. The molecule has 0 aliphatic heterocycles. The first-order chi connectivity index (χ1) is 32.2. The molecule has 0 aliphatic carbocycles. The summed E-state index contributed by atoms with van der Waals surface area (Å²) in [6.45, 7) is 4.41. The number of nitrogens with one attached hydrogen (secondary N) is 1. The van der Waals surface area contributed by atoms with Crippen LogP contribution in [0.3, 0.4) is 0 Å². The van der Waals surface area contributed by atoms with Gasteiger partial charge >= 0.3 is 0 Å². The van der Waals surface area contributed by atoms with Crippen molar-refractivity contribution in [2.75, 3.05) is 6.61 Å². The van der Waals surface area contributed by atoms with Gasteiger partial charge in [0.25, 0.3) is 0 Å². The second-order valence-corrected chi connectivity index (χ2v) is 21.5. The highest BCUT2D eigenvalue weighted by atomic mass is 16.3. The molecule has 0 heterocycles. The molecule has 0 fully saturated rings. The van der Waals surface area contributed by atoms with Crippen molar-refractivity contribution < 1.29 is 15.0 Å². The van der Waals surface area contributed by atoms with Crippen molar-refractivity contribution in [3.05, 3.63) is 0 Å². The standard InChI is InChI=1S/C61H123NO3/c1-3-5-7-9-11-13-15-17-19-21-23-25-27-29-31-32-34-36-38-40-42-44-46-48-50-52-54-56-60(64)59(58-63)62-61(65)57-55-53-51-49-47-45-43-41-39-37-35-33-30-28-26-24-22-20-18-16-14-12-10-8-6-4-2/h59-60,63-64H,3-58H2,1-2H3,(H,62,65). The fourth-order valence-electron chi connectivity index (χ4n) is 10.2. The summed E-state index contributed by atoms with van der Waals surface area (Å²) in [5.74, 6) is -0.0207. The predicted molar refractivity (Wildman–Crippen MR) is 290 cm³/mol. The third-order valence-electron chi connectivity index (χ3n) is 14.9. The Kier molecular flexibility index (Phi) is 57.2. The number of carbonyl (C=O) groups excluding carboxylic acids is 1. The number of aliphatic hydroxyl groups is 2. The highest BCUT2D eigenvalue weighted by molar-refractivity contribution is 5.76. The number of amides is 1. The van der Waals surface area contributed by atoms with Crippen molar-refractivity contribution in [2.45, 2.75) is 379 Å². The average Bonchev–Trinajstić information content (AvgIpc) is 3.31. The Morgan fingerprint density at radius 3 is 0.692 bits per heavy atom. The zero-order valence-electron chi connectivity index (χ0n) is 45.1. The van der Waals surface area contributed by atoms with E-state index in [1.807, 2.05) is 0 Å². The van der Waals surface area contributed by atoms with E-state index in [-0.39, 0.29) is 12.5 Å². The molecule has 0 aliphatic rings. The van der Waals surface area contributed by atoms with Crippen molar-refractivity contribution in [3.63, 3.8) is 0 Å².